The summed E-state index contributed by atoms with van der Waals surface area (Å²) in [6.45, 7) is 2.25. The molecule has 0 fully saturated rings. The van der Waals surface area contributed by atoms with Crippen molar-refractivity contribution in [2.45, 2.75) is 12.7 Å². The van der Waals surface area contributed by atoms with Crippen LogP contribution in [0.15, 0.2) is 81.5 Å². The van der Waals surface area contributed by atoms with E-state index in [-0.39, 0.29) is 11.5 Å². The van der Waals surface area contributed by atoms with Gasteiger partial charge in [-0.05, 0) is 48.4 Å². The van der Waals surface area contributed by atoms with Gasteiger partial charge in [0, 0.05) is 5.75 Å². The van der Waals surface area contributed by atoms with Crippen LogP contribution in [-0.2, 0) is 5.75 Å². The highest BCUT2D eigenvalue weighted by atomic mass is 32.2. The molecule has 0 unspecified atom stereocenters. The molecule has 0 atom stereocenters. The summed E-state index contributed by atoms with van der Waals surface area (Å²) in [6.07, 6.45) is 2.96. The second kappa shape index (κ2) is 10.9. The second-order valence-electron chi connectivity index (χ2n) is 5.96. The Kier molecular flexibility index (Phi) is 7.68. The number of nitrogens with two attached hydrogens (primary N) is 1. The molecular formula is C22H21N3O4S. The highest BCUT2D eigenvalue weighted by Crippen LogP contribution is 2.29. The number of furan rings is 1. The number of rotatable bonds is 8. The quantitative estimate of drug-likeness (QED) is 0.189. The molecule has 0 radical (unpaired) electrons. The van der Waals surface area contributed by atoms with Crippen molar-refractivity contribution >= 4 is 29.1 Å². The van der Waals surface area contributed by atoms with Gasteiger partial charge >= 0.3 is 5.97 Å². The maximum absolute atomic E-state index is 12.1. The molecule has 0 saturated carbocycles. The molecule has 0 aliphatic heterocycles. The van der Waals surface area contributed by atoms with Crippen LogP contribution >= 0.6 is 11.8 Å². The van der Waals surface area contributed by atoms with Crippen LogP contribution in [-0.4, -0.2) is 24.0 Å². The highest BCUT2D eigenvalue weighted by Gasteiger charge is 2.15. The standard InChI is InChI=1S/C22H21N3O4S/c1-2-27-20-13-17(10-11-18(20)29-21(26)19-9-6-12-28-19)14-24-25-22(23)30-15-16-7-4-3-5-8-16/h3-14H,2,15H2,1H3,(H2,23,25). The number of nitrogens with zero attached hydrogens (tertiary/aromatic N) is 2. The Bertz CT molecular complexity index is 1020. The number of amidine groups is 1. The van der Waals surface area contributed by atoms with Crippen molar-refractivity contribution in [1.29, 1.82) is 0 Å². The molecule has 2 N–H and O–H groups in total. The Labute approximate surface area is 178 Å². The van der Waals surface area contributed by atoms with E-state index in [0.29, 0.717) is 17.5 Å². The van der Waals surface area contributed by atoms with Crippen molar-refractivity contribution in [2.24, 2.45) is 15.9 Å². The minimum atomic E-state index is -0.602. The van der Waals surface area contributed by atoms with Crippen LogP contribution in [0.25, 0.3) is 0 Å². The third kappa shape index (κ3) is 6.25. The maximum Gasteiger partial charge on any atom is 0.379 e. The van der Waals surface area contributed by atoms with E-state index < -0.39 is 5.97 Å². The summed E-state index contributed by atoms with van der Waals surface area (Å²) in [5.41, 5.74) is 7.78. The number of thioether (sulfide) groups is 1. The van der Waals surface area contributed by atoms with Gasteiger partial charge in [0.1, 0.15) is 0 Å². The topological polar surface area (TPSA) is 99.4 Å². The fraction of sp³-hybridized carbons (Fsp3) is 0.136. The first-order valence-electron chi connectivity index (χ1n) is 9.21. The van der Waals surface area contributed by atoms with E-state index in [2.05, 4.69) is 10.2 Å². The Morgan fingerprint density at radius 1 is 1.13 bits per heavy atom. The molecule has 154 valence electrons. The maximum atomic E-state index is 12.1. The van der Waals surface area contributed by atoms with E-state index in [4.69, 9.17) is 19.6 Å². The van der Waals surface area contributed by atoms with Crippen molar-refractivity contribution in [3.8, 4) is 11.5 Å². The minimum Gasteiger partial charge on any atom is -0.490 e. The molecule has 1 aromatic heterocycles. The van der Waals surface area contributed by atoms with Crippen molar-refractivity contribution in [2.75, 3.05) is 6.61 Å². The minimum absolute atomic E-state index is 0.112. The van der Waals surface area contributed by atoms with Gasteiger partial charge in [0.05, 0.1) is 19.1 Å². The largest absolute Gasteiger partial charge is 0.490 e. The van der Waals surface area contributed by atoms with E-state index in [1.165, 1.54) is 24.1 Å². The third-order valence-electron chi connectivity index (χ3n) is 3.79. The molecule has 0 amide bonds. The summed E-state index contributed by atoms with van der Waals surface area (Å²) in [4.78, 5) is 12.1. The van der Waals surface area contributed by atoms with Crippen LogP contribution in [0.5, 0.6) is 11.5 Å². The monoisotopic (exact) mass is 423 g/mol. The van der Waals surface area contributed by atoms with E-state index in [1.807, 2.05) is 37.3 Å². The normalized spacial score (nSPS) is 11.6. The molecule has 30 heavy (non-hydrogen) atoms. The molecule has 2 aromatic carbocycles. The molecule has 1 heterocycles. The van der Waals surface area contributed by atoms with Crippen LogP contribution in [0.4, 0.5) is 0 Å². The first kappa shape index (κ1) is 21.2. The number of hydrogen-bond donors (Lipinski definition) is 1. The lowest BCUT2D eigenvalue weighted by Crippen LogP contribution is -2.09. The van der Waals surface area contributed by atoms with Crippen LogP contribution in [0, 0.1) is 0 Å². The summed E-state index contributed by atoms with van der Waals surface area (Å²) in [5.74, 6) is 0.931. The lowest BCUT2D eigenvalue weighted by atomic mass is 10.2. The molecular weight excluding hydrogens is 402 g/mol. The Morgan fingerprint density at radius 2 is 1.97 bits per heavy atom. The SMILES string of the molecule is CCOc1cc(C=NN=C(N)SCc2ccccc2)ccc1OC(=O)c1ccco1. The predicted octanol–water partition coefficient (Wildman–Crippen LogP) is 4.48. The Morgan fingerprint density at radius 3 is 2.70 bits per heavy atom. The molecule has 3 rings (SSSR count). The average molecular weight is 423 g/mol. The van der Waals surface area contributed by atoms with E-state index >= 15 is 0 Å². The molecule has 0 aliphatic rings. The average Bonchev–Trinajstić information content (AvgIpc) is 3.30. The number of hydrogen-bond acceptors (Lipinski definition) is 7. The molecule has 0 spiro atoms. The second-order valence-corrected chi connectivity index (χ2v) is 6.96. The summed E-state index contributed by atoms with van der Waals surface area (Å²) in [5, 5.41) is 8.39. The Balaban J connectivity index is 1.63. The van der Waals surface area contributed by atoms with Crippen LogP contribution in [0.1, 0.15) is 28.6 Å². The van der Waals surface area contributed by atoms with E-state index in [9.17, 15) is 4.79 Å². The van der Waals surface area contributed by atoms with Crippen molar-refractivity contribution in [3.05, 3.63) is 83.8 Å². The van der Waals surface area contributed by atoms with Crippen molar-refractivity contribution < 1.29 is 18.7 Å². The van der Waals surface area contributed by atoms with Gasteiger partial charge in [-0.3, -0.25) is 0 Å². The third-order valence-corrected chi connectivity index (χ3v) is 4.64. The van der Waals surface area contributed by atoms with Crippen LogP contribution in [0.3, 0.4) is 0 Å². The molecule has 7 nitrogen and oxygen atoms in total. The summed E-state index contributed by atoms with van der Waals surface area (Å²) >= 11 is 1.41. The number of ether oxygens (including phenoxy) is 2. The molecule has 0 bridgehead atoms. The zero-order valence-electron chi connectivity index (χ0n) is 16.4. The zero-order chi connectivity index (χ0) is 21.2. The first-order chi connectivity index (χ1) is 14.7. The number of esters is 1. The fourth-order valence-corrected chi connectivity index (χ4v) is 3.03. The van der Waals surface area contributed by atoms with Gasteiger partial charge < -0.3 is 19.6 Å². The highest BCUT2D eigenvalue weighted by molar-refractivity contribution is 8.13. The fourth-order valence-electron chi connectivity index (χ4n) is 2.42. The summed E-state index contributed by atoms with van der Waals surface area (Å²) in [6, 6.07) is 18.2. The number of carbonyl (C=O) groups is 1. The van der Waals surface area contributed by atoms with Crippen LogP contribution < -0.4 is 15.2 Å². The van der Waals surface area contributed by atoms with E-state index in [0.717, 1.165) is 16.9 Å². The van der Waals surface area contributed by atoms with E-state index in [1.54, 1.807) is 30.5 Å². The van der Waals surface area contributed by atoms with Gasteiger partial charge in [0.15, 0.2) is 16.7 Å². The van der Waals surface area contributed by atoms with Gasteiger partial charge in [0.25, 0.3) is 0 Å². The zero-order valence-corrected chi connectivity index (χ0v) is 17.2. The molecule has 3 aromatic rings. The number of carbonyl (C=O) groups excluding carboxylic acids is 1. The van der Waals surface area contributed by atoms with Gasteiger partial charge in [-0.2, -0.15) is 5.10 Å². The summed E-state index contributed by atoms with van der Waals surface area (Å²) < 4.78 is 16.0. The Hall–Kier alpha value is -3.52. The van der Waals surface area contributed by atoms with Gasteiger partial charge in [0.2, 0.25) is 5.76 Å². The van der Waals surface area contributed by atoms with Crippen LogP contribution in [0.2, 0.25) is 0 Å². The van der Waals surface area contributed by atoms with Crippen molar-refractivity contribution in [3.63, 3.8) is 0 Å². The van der Waals surface area contributed by atoms with Gasteiger partial charge in [-0.15, -0.1) is 5.10 Å². The lowest BCUT2D eigenvalue weighted by Gasteiger charge is -2.10. The molecule has 0 aliphatic carbocycles. The first-order valence-corrected chi connectivity index (χ1v) is 10.2. The summed E-state index contributed by atoms with van der Waals surface area (Å²) in [7, 11) is 0. The van der Waals surface area contributed by atoms with Gasteiger partial charge in [-0.25, -0.2) is 4.79 Å². The molecule has 0 saturated heterocycles. The van der Waals surface area contributed by atoms with Crippen molar-refractivity contribution in [1.82, 2.24) is 0 Å². The smallest absolute Gasteiger partial charge is 0.379 e. The predicted molar refractivity (Wildman–Crippen MR) is 118 cm³/mol. The lowest BCUT2D eigenvalue weighted by molar-refractivity contribution is 0.0695. The van der Waals surface area contributed by atoms with Gasteiger partial charge in [-0.1, -0.05) is 42.1 Å². The number of benzene rings is 2. The molecule has 8 heteroatoms.